The van der Waals surface area contributed by atoms with Crippen LogP contribution in [-0.4, -0.2) is 33.5 Å². The Morgan fingerprint density at radius 2 is 1.88 bits per heavy atom. The summed E-state index contributed by atoms with van der Waals surface area (Å²) in [4.78, 5) is 27.9. The van der Waals surface area contributed by atoms with Gasteiger partial charge in [0.15, 0.2) is 0 Å². The quantitative estimate of drug-likeness (QED) is 0.585. The van der Waals surface area contributed by atoms with E-state index in [-0.39, 0.29) is 18.2 Å². The molecular formula is C18H26N4O3. The first kappa shape index (κ1) is 20.2. The molecule has 0 spiro atoms. The second-order valence-corrected chi connectivity index (χ2v) is 5.50. The normalized spacial score (nSPS) is 10.0. The number of hydrogen-bond donors (Lipinski definition) is 4. The molecule has 2 aromatic rings. The number of anilines is 1. The molecule has 0 aliphatic heterocycles. The number of carbonyl (C=O) groups is 2. The molecule has 5 N–H and O–H groups in total. The minimum absolute atomic E-state index is 0.0708. The van der Waals surface area contributed by atoms with Crippen LogP contribution in [0.25, 0.3) is 11.3 Å². The van der Waals surface area contributed by atoms with Gasteiger partial charge in [0.25, 0.3) is 0 Å². The number of nitrogens with zero attached hydrogens (tertiary/aromatic N) is 1. The number of nitrogens with two attached hydrogens (primary N) is 1. The van der Waals surface area contributed by atoms with Crippen LogP contribution >= 0.6 is 0 Å². The van der Waals surface area contributed by atoms with Crippen LogP contribution in [0.4, 0.5) is 5.95 Å². The summed E-state index contributed by atoms with van der Waals surface area (Å²) in [7, 11) is 0. The summed E-state index contributed by atoms with van der Waals surface area (Å²) in [5.74, 6) is -0.317. The maximum atomic E-state index is 10.4. The number of imidazole rings is 1. The lowest BCUT2D eigenvalue weighted by Gasteiger charge is -2.04. The minimum atomic E-state index is -0.827. The Hall–Kier alpha value is -2.83. The number of amides is 1. The number of carbonyl (C=O) groups excluding carboxylic acids is 1. The number of carboxylic acids is 1. The number of aromatic nitrogens is 2. The molecule has 0 unspecified atom stereocenters. The summed E-state index contributed by atoms with van der Waals surface area (Å²) in [6.07, 6.45) is 3.53. The molecule has 0 aliphatic carbocycles. The Morgan fingerprint density at radius 3 is 2.36 bits per heavy atom. The number of hydrogen-bond acceptors (Lipinski definition) is 4. The second-order valence-electron chi connectivity index (χ2n) is 5.50. The maximum absolute atomic E-state index is 10.4. The van der Waals surface area contributed by atoms with Gasteiger partial charge in [0.05, 0.1) is 18.3 Å². The van der Waals surface area contributed by atoms with E-state index in [9.17, 15) is 9.59 Å². The molecule has 136 valence electrons. The summed E-state index contributed by atoms with van der Waals surface area (Å²) in [5, 5.41) is 11.4. The Bertz CT molecular complexity index is 651. The molecule has 7 nitrogen and oxygen atoms in total. The lowest BCUT2D eigenvalue weighted by Crippen LogP contribution is -2.21. The fourth-order valence-corrected chi connectivity index (χ4v) is 2.15. The molecule has 0 aliphatic rings. The van der Waals surface area contributed by atoms with Gasteiger partial charge in [0.1, 0.15) is 0 Å². The van der Waals surface area contributed by atoms with Gasteiger partial charge in [-0.25, -0.2) is 4.98 Å². The largest absolute Gasteiger partial charge is 0.481 e. The molecule has 0 radical (unpaired) electrons. The van der Waals surface area contributed by atoms with Crippen molar-refractivity contribution in [2.24, 2.45) is 11.7 Å². The van der Waals surface area contributed by atoms with Gasteiger partial charge in [-0.3, -0.25) is 9.59 Å². The van der Waals surface area contributed by atoms with Crippen molar-refractivity contribution in [2.45, 2.75) is 33.1 Å². The van der Waals surface area contributed by atoms with Gasteiger partial charge in [-0.2, -0.15) is 0 Å². The standard InChI is InChI=1S/C12H13N3O2.C6H13NO/c16-11(17)6-7-13-12-14-8-10(15-12)9-4-2-1-3-5-9;1-3-5(4-2)6(7)8/h1-5,8H,6-7H2,(H,16,17)(H2,13,14,15);5H,3-4H2,1-2H3,(H2,7,8). The molecule has 0 saturated heterocycles. The van der Waals surface area contributed by atoms with Crippen LogP contribution in [0.15, 0.2) is 36.5 Å². The first-order valence-electron chi connectivity index (χ1n) is 8.33. The fraction of sp³-hybridized carbons (Fsp3) is 0.389. The predicted octanol–water partition coefficient (Wildman–Crippen LogP) is 2.87. The summed E-state index contributed by atoms with van der Waals surface area (Å²) < 4.78 is 0. The van der Waals surface area contributed by atoms with Crippen LogP contribution in [0.1, 0.15) is 33.1 Å². The summed E-state index contributed by atoms with van der Waals surface area (Å²) in [6, 6.07) is 9.82. The highest BCUT2D eigenvalue weighted by atomic mass is 16.4. The lowest BCUT2D eigenvalue weighted by atomic mass is 10.0. The highest BCUT2D eigenvalue weighted by molar-refractivity contribution is 5.76. The number of rotatable bonds is 8. The number of primary amides is 1. The van der Waals surface area contributed by atoms with Gasteiger partial charge < -0.3 is 21.1 Å². The van der Waals surface area contributed by atoms with Crippen molar-refractivity contribution in [3.8, 4) is 11.3 Å². The molecule has 0 atom stereocenters. The van der Waals surface area contributed by atoms with Crippen LogP contribution in [0.5, 0.6) is 0 Å². The molecular weight excluding hydrogens is 320 g/mol. The van der Waals surface area contributed by atoms with Crippen molar-refractivity contribution in [1.82, 2.24) is 9.97 Å². The third-order valence-corrected chi connectivity index (χ3v) is 3.68. The molecule has 1 aromatic carbocycles. The third-order valence-electron chi connectivity index (χ3n) is 3.68. The van der Waals surface area contributed by atoms with E-state index in [2.05, 4.69) is 15.3 Å². The van der Waals surface area contributed by atoms with E-state index in [1.807, 2.05) is 44.2 Å². The maximum Gasteiger partial charge on any atom is 0.305 e. The van der Waals surface area contributed by atoms with Crippen molar-refractivity contribution < 1.29 is 14.7 Å². The molecule has 1 amide bonds. The lowest BCUT2D eigenvalue weighted by molar-refractivity contribution is -0.136. The van der Waals surface area contributed by atoms with E-state index >= 15 is 0 Å². The predicted molar refractivity (Wildman–Crippen MR) is 98.0 cm³/mol. The zero-order valence-corrected chi connectivity index (χ0v) is 14.7. The molecule has 0 saturated carbocycles. The average Bonchev–Trinajstić information content (AvgIpc) is 3.06. The summed E-state index contributed by atoms with van der Waals surface area (Å²) in [6.45, 7) is 4.30. The Kier molecular flexibility index (Phi) is 8.78. The zero-order valence-electron chi connectivity index (χ0n) is 14.7. The van der Waals surface area contributed by atoms with Crippen molar-refractivity contribution in [2.75, 3.05) is 11.9 Å². The number of benzene rings is 1. The Morgan fingerprint density at radius 1 is 1.24 bits per heavy atom. The van der Waals surface area contributed by atoms with Crippen LogP contribution in [0.3, 0.4) is 0 Å². The number of carboxylic acid groups (broad SMARTS) is 1. The second kappa shape index (κ2) is 10.9. The van der Waals surface area contributed by atoms with Crippen molar-refractivity contribution in [1.29, 1.82) is 0 Å². The van der Waals surface area contributed by atoms with E-state index in [0.29, 0.717) is 12.5 Å². The van der Waals surface area contributed by atoms with Crippen LogP contribution in [0, 0.1) is 5.92 Å². The Balaban J connectivity index is 0.000000333. The molecule has 0 bridgehead atoms. The number of aromatic amines is 1. The van der Waals surface area contributed by atoms with E-state index in [0.717, 1.165) is 24.1 Å². The molecule has 1 heterocycles. The van der Waals surface area contributed by atoms with Crippen molar-refractivity contribution >= 4 is 17.8 Å². The number of H-pyrrole nitrogens is 1. The molecule has 2 rings (SSSR count). The SMILES string of the molecule is CCC(CC)C(N)=O.O=C(O)CCNc1ncc(-c2ccccc2)[nH]1. The highest BCUT2D eigenvalue weighted by Gasteiger charge is 2.07. The van der Waals surface area contributed by atoms with Crippen LogP contribution in [0.2, 0.25) is 0 Å². The number of nitrogens with one attached hydrogen (secondary N) is 2. The smallest absolute Gasteiger partial charge is 0.305 e. The van der Waals surface area contributed by atoms with Crippen molar-refractivity contribution in [3.05, 3.63) is 36.5 Å². The molecule has 25 heavy (non-hydrogen) atoms. The van der Waals surface area contributed by atoms with E-state index in [1.54, 1.807) is 6.20 Å². The summed E-state index contributed by atoms with van der Waals surface area (Å²) in [5.41, 5.74) is 6.97. The number of aliphatic carboxylic acids is 1. The van der Waals surface area contributed by atoms with Gasteiger partial charge in [-0.1, -0.05) is 44.2 Å². The molecule has 1 aromatic heterocycles. The van der Waals surface area contributed by atoms with Crippen molar-refractivity contribution in [3.63, 3.8) is 0 Å². The van der Waals surface area contributed by atoms with E-state index in [1.165, 1.54) is 0 Å². The average molecular weight is 346 g/mol. The minimum Gasteiger partial charge on any atom is -0.481 e. The van der Waals surface area contributed by atoms with E-state index in [4.69, 9.17) is 10.8 Å². The van der Waals surface area contributed by atoms with E-state index < -0.39 is 5.97 Å². The molecule has 0 fully saturated rings. The third kappa shape index (κ3) is 7.52. The van der Waals surface area contributed by atoms with Crippen LogP contribution in [-0.2, 0) is 9.59 Å². The topological polar surface area (TPSA) is 121 Å². The van der Waals surface area contributed by atoms with Gasteiger partial charge in [-0.15, -0.1) is 0 Å². The monoisotopic (exact) mass is 346 g/mol. The van der Waals surface area contributed by atoms with Crippen LogP contribution < -0.4 is 11.1 Å². The van der Waals surface area contributed by atoms with Gasteiger partial charge >= 0.3 is 5.97 Å². The zero-order chi connectivity index (χ0) is 18.7. The van der Waals surface area contributed by atoms with Gasteiger partial charge in [-0.05, 0) is 18.4 Å². The highest BCUT2D eigenvalue weighted by Crippen LogP contribution is 2.17. The first-order valence-corrected chi connectivity index (χ1v) is 8.33. The molecule has 7 heteroatoms. The summed E-state index contributed by atoms with van der Waals surface area (Å²) >= 11 is 0. The Labute approximate surface area is 147 Å². The van der Waals surface area contributed by atoms with Gasteiger partial charge in [0, 0.05) is 12.5 Å². The fourth-order valence-electron chi connectivity index (χ4n) is 2.15. The van der Waals surface area contributed by atoms with Gasteiger partial charge in [0.2, 0.25) is 11.9 Å². The first-order chi connectivity index (χ1) is 12.0.